The smallest absolute Gasteiger partial charge is 0.341 e. The zero-order chi connectivity index (χ0) is 22.6. The number of hydrogen-bond donors (Lipinski definition) is 1. The van der Waals surface area contributed by atoms with Crippen LogP contribution < -0.4 is 19.8 Å². The maximum absolute atomic E-state index is 14.9. The van der Waals surface area contributed by atoms with Gasteiger partial charge in [-0.05, 0) is 37.1 Å². The lowest BCUT2D eigenvalue weighted by molar-refractivity contribution is 0.0694. The van der Waals surface area contributed by atoms with Gasteiger partial charge < -0.3 is 24.0 Å². The van der Waals surface area contributed by atoms with Gasteiger partial charge in [-0.2, -0.15) is 5.10 Å². The van der Waals surface area contributed by atoms with Crippen molar-refractivity contribution >= 4 is 29.4 Å². The lowest BCUT2D eigenvalue weighted by Gasteiger charge is -2.34. The minimum atomic E-state index is -1.34. The standard InChI is InChI=1S/C22H19FN4O5/c1-31-17-6-3-11(7-18(17)32-2)16-10-27-20(25-24-16)15(23)8-13-19(28)14(22(29)30)9-26(21(13)27)12-4-5-12/h3,6-9,12H,4-5,10H2,1-2H3,(H,29,30). The molecule has 9 nitrogen and oxygen atoms in total. The Kier molecular flexibility index (Phi) is 4.58. The van der Waals surface area contributed by atoms with Gasteiger partial charge in [0, 0.05) is 17.8 Å². The number of benzene rings is 1. The summed E-state index contributed by atoms with van der Waals surface area (Å²) < 4.78 is 27.3. The van der Waals surface area contributed by atoms with E-state index in [2.05, 4.69) is 10.2 Å². The molecule has 3 heterocycles. The molecule has 3 aliphatic rings. The zero-order valence-corrected chi connectivity index (χ0v) is 17.3. The molecule has 1 N–H and O–H groups in total. The summed E-state index contributed by atoms with van der Waals surface area (Å²) in [7, 11) is 3.06. The molecule has 1 aromatic heterocycles. The number of carboxylic acid groups (broad SMARTS) is 1. The van der Waals surface area contributed by atoms with Crippen molar-refractivity contribution in [2.45, 2.75) is 18.9 Å². The molecule has 32 heavy (non-hydrogen) atoms. The van der Waals surface area contributed by atoms with Crippen molar-refractivity contribution in [2.24, 2.45) is 10.2 Å². The number of ether oxygens (including phenoxy) is 2. The van der Waals surface area contributed by atoms with E-state index >= 15 is 0 Å². The van der Waals surface area contributed by atoms with E-state index in [9.17, 15) is 19.1 Å². The Hall–Kier alpha value is -3.95. The highest BCUT2D eigenvalue weighted by Gasteiger charge is 2.37. The van der Waals surface area contributed by atoms with E-state index in [1.165, 1.54) is 20.4 Å². The highest BCUT2D eigenvalue weighted by molar-refractivity contribution is 6.20. The van der Waals surface area contributed by atoms with Crippen LogP contribution in [0.2, 0.25) is 0 Å². The Morgan fingerprint density at radius 3 is 2.59 bits per heavy atom. The number of anilines is 1. The topological polar surface area (TPSA) is 106 Å². The second kappa shape index (κ2) is 7.33. The normalized spacial score (nSPS) is 17.0. The summed E-state index contributed by atoms with van der Waals surface area (Å²) in [6, 6.07) is 5.32. The SMILES string of the molecule is COc1ccc(C2=NN=C3C(F)=Cc4c(n(C5CC5)cc(C(=O)O)c4=O)N3C2)cc1OC. The van der Waals surface area contributed by atoms with Gasteiger partial charge in [-0.25, -0.2) is 9.18 Å². The van der Waals surface area contributed by atoms with Gasteiger partial charge in [-0.1, -0.05) is 0 Å². The van der Waals surface area contributed by atoms with E-state index in [0.29, 0.717) is 28.6 Å². The largest absolute Gasteiger partial charge is 0.493 e. The molecule has 1 aliphatic carbocycles. The molecule has 0 bridgehead atoms. The lowest BCUT2D eigenvalue weighted by Crippen LogP contribution is -2.44. The number of halogens is 1. The molecular weight excluding hydrogens is 419 g/mol. The number of fused-ring (bicyclic) bond motifs is 3. The van der Waals surface area contributed by atoms with E-state index in [-0.39, 0.29) is 29.5 Å². The lowest BCUT2D eigenvalue weighted by atomic mass is 10.0. The highest BCUT2D eigenvalue weighted by atomic mass is 19.1. The van der Waals surface area contributed by atoms with Gasteiger partial charge in [0.1, 0.15) is 11.4 Å². The second-order valence-electron chi connectivity index (χ2n) is 7.67. The first-order chi connectivity index (χ1) is 15.4. The number of amidine groups is 1. The molecule has 1 fully saturated rings. The van der Waals surface area contributed by atoms with Crippen molar-refractivity contribution in [3.8, 4) is 11.5 Å². The van der Waals surface area contributed by atoms with E-state index in [0.717, 1.165) is 18.9 Å². The van der Waals surface area contributed by atoms with Gasteiger partial charge in [0.15, 0.2) is 23.2 Å². The number of carbonyl (C=O) groups is 1. The van der Waals surface area contributed by atoms with Crippen LogP contribution in [0.5, 0.6) is 11.5 Å². The van der Waals surface area contributed by atoms with Crippen LogP contribution in [0.25, 0.3) is 6.08 Å². The molecule has 0 atom stereocenters. The maximum atomic E-state index is 14.9. The van der Waals surface area contributed by atoms with Gasteiger partial charge in [0.25, 0.3) is 0 Å². The Balaban J connectivity index is 1.65. The third kappa shape index (κ3) is 3.06. The summed E-state index contributed by atoms with van der Waals surface area (Å²) in [6.45, 7) is 0.140. The molecular formula is C22H19FN4O5. The fraction of sp³-hybridized carbons (Fsp3) is 0.273. The van der Waals surface area contributed by atoms with Crippen LogP contribution in [-0.2, 0) is 0 Å². The van der Waals surface area contributed by atoms with Crippen molar-refractivity contribution in [3.05, 3.63) is 57.1 Å². The van der Waals surface area contributed by atoms with Crippen molar-refractivity contribution < 1.29 is 23.8 Å². The van der Waals surface area contributed by atoms with Crippen LogP contribution >= 0.6 is 0 Å². The number of methoxy groups -OCH3 is 2. The molecule has 0 radical (unpaired) electrons. The molecule has 2 aliphatic heterocycles. The van der Waals surface area contributed by atoms with E-state index in [1.807, 2.05) is 0 Å². The third-order valence-corrected chi connectivity index (χ3v) is 5.70. The van der Waals surface area contributed by atoms with Gasteiger partial charge in [0.2, 0.25) is 5.43 Å². The molecule has 1 aromatic carbocycles. The molecule has 0 unspecified atom stereocenters. The van der Waals surface area contributed by atoms with Gasteiger partial charge >= 0.3 is 5.97 Å². The first kappa shape index (κ1) is 20.0. The quantitative estimate of drug-likeness (QED) is 0.770. The molecule has 164 valence electrons. The summed E-state index contributed by atoms with van der Waals surface area (Å²) in [5.41, 5.74) is 0.123. The summed E-state index contributed by atoms with van der Waals surface area (Å²) in [5.74, 6) is -0.609. The first-order valence-electron chi connectivity index (χ1n) is 9.97. The summed E-state index contributed by atoms with van der Waals surface area (Å²) >= 11 is 0. The van der Waals surface area contributed by atoms with Gasteiger partial charge in [0.05, 0.1) is 32.0 Å². The van der Waals surface area contributed by atoms with Gasteiger partial charge in [-0.15, -0.1) is 5.10 Å². The second-order valence-corrected chi connectivity index (χ2v) is 7.67. The molecule has 10 heteroatoms. The summed E-state index contributed by atoms with van der Waals surface area (Å²) in [4.78, 5) is 26.0. The van der Waals surface area contributed by atoms with Crippen LogP contribution in [0.3, 0.4) is 0 Å². The Morgan fingerprint density at radius 2 is 1.94 bits per heavy atom. The number of pyridine rings is 1. The number of carboxylic acids is 1. The van der Waals surface area contributed by atoms with Crippen LogP contribution in [0, 0.1) is 0 Å². The van der Waals surface area contributed by atoms with Gasteiger partial charge in [-0.3, -0.25) is 4.79 Å². The average Bonchev–Trinajstić information content (AvgIpc) is 3.64. The molecule has 5 rings (SSSR count). The predicted octanol–water partition coefficient (Wildman–Crippen LogP) is 2.85. The van der Waals surface area contributed by atoms with Crippen molar-refractivity contribution in [1.29, 1.82) is 0 Å². The zero-order valence-electron chi connectivity index (χ0n) is 17.3. The fourth-order valence-corrected chi connectivity index (χ4v) is 3.97. The van der Waals surface area contributed by atoms with Crippen LogP contribution in [0.15, 0.2) is 45.2 Å². The van der Waals surface area contributed by atoms with Crippen LogP contribution in [0.1, 0.15) is 40.4 Å². The van der Waals surface area contributed by atoms with Crippen molar-refractivity contribution in [1.82, 2.24) is 4.57 Å². The number of aromatic nitrogens is 1. The Morgan fingerprint density at radius 1 is 1.19 bits per heavy atom. The highest BCUT2D eigenvalue weighted by Crippen LogP contribution is 2.41. The Bertz CT molecular complexity index is 1310. The number of nitrogens with zero attached hydrogens (tertiary/aromatic N) is 4. The molecule has 0 spiro atoms. The van der Waals surface area contributed by atoms with Crippen molar-refractivity contribution in [3.63, 3.8) is 0 Å². The summed E-state index contributed by atoms with van der Waals surface area (Å²) in [6.07, 6.45) is 4.09. The molecule has 0 amide bonds. The van der Waals surface area contributed by atoms with E-state index < -0.39 is 17.2 Å². The molecule has 1 saturated carbocycles. The monoisotopic (exact) mass is 438 g/mol. The molecule has 0 saturated heterocycles. The number of aromatic carboxylic acids is 1. The van der Waals surface area contributed by atoms with E-state index in [1.54, 1.807) is 27.7 Å². The first-order valence-corrected chi connectivity index (χ1v) is 9.97. The van der Waals surface area contributed by atoms with E-state index in [4.69, 9.17) is 9.47 Å². The maximum Gasteiger partial charge on any atom is 0.341 e. The molecule has 2 aromatic rings. The average molecular weight is 438 g/mol. The third-order valence-electron chi connectivity index (χ3n) is 5.70. The number of rotatable bonds is 5. The summed E-state index contributed by atoms with van der Waals surface area (Å²) in [5, 5.41) is 17.7. The van der Waals surface area contributed by atoms with Crippen molar-refractivity contribution in [2.75, 3.05) is 25.7 Å². The Labute approximate surface area is 181 Å². The predicted molar refractivity (Wildman–Crippen MR) is 116 cm³/mol. The minimum absolute atomic E-state index is 0.00168. The van der Waals surface area contributed by atoms with Crippen LogP contribution in [-0.4, -0.2) is 48.0 Å². The number of hydrogen-bond acceptors (Lipinski definition) is 7. The fourth-order valence-electron chi connectivity index (χ4n) is 3.97. The van der Waals surface area contributed by atoms with Crippen LogP contribution in [0.4, 0.5) is 10.2 Å². The minimum Gasteiger partial charge on any atom is -0.493 e.